The Balaban J connectivity index is 2.52. The molecule has 1 saturated heterocycles. The van der Waals surface area contributed by atoms with Gasteiger partial charge in [-0.15, -0.1) is 0 Å². The van der Waals surface area contributed by atoms with Crippen molar-refractivity contribution in [1.82, 2.24) is 9.80 Å². The Labute approximate surface area is 106 Å². The van der Waals surface area contributed by atoms with E-state index in [1.807, 2.05) is 6.92 Å². The summed E-state index contributed by atoms with van der Waals surface area (Å²) < 4.78 is 0. The molecule has 1 aliphatic heterocycles. The Morgan fingerprint density at radius 1 is 1.53 bits per heavy atom. The first-order chi connectivity index (χ1) is 7.85. The average molecular weight is 243 g/mol. The maximum Gasteiger partial charge on any atom is 0.0609 e. The summed E-state index contributed by atoms with van der Waals surface area (Å²) in [4.78, 5) is 4.81. The van der Waals surface area contributed by atoms with Crippen molar-refractivity contribution < 1.29 is 5.11 Å². The SMILES string of the molecule is CC(CC(C)(N)CO)N1CCCC1CN(C)C. The van der Waals surface area contributed by atoms with E-state index in [4.69, 9.17) is 5.73 Å². The summed E-state index contributed by atoms with van der Waals surface area (Å²) >= 11 is 0. The fourth-order valence-electron chi connectivity index (χ4n) is 2.91. The summed E-state index contributed by atoms with van der Waals surface area (Å²) in [5.74, 6) is 0. The van der Waals surface area contributed by atoms with Crippen LogP contribution in [0.5, 0.6) is 0 Å². The minimum Gasteiger partial charge on any atom is -0.394 e. The molecule has 0 aromatic carbocycles. The van der Waals surface area contributed by atoms with Crippen molar-refractivity contribution in [2.45, 2.75) is 50.7 Å². The minimum atomic E-state index is -0.454. The predicted octanol–water partition coefficient (Wildman–Crippen LogP) is 0.501. The molecule has 1 heterocycles. The maximum absolute atomic E-state index is 9.25. The van der Waals surface area contributed by atoms with E-state index in [1.54, 1.807) is 0 Å². The first-order valence-electron chi connectivity index (χ1n) is 6.66. The third-order valence-corrected chi connectivity index (χ3v) is 3.69. The van der Waals surface area contributed by atoms with Crippen LogP contribution in [0.3, 0.4) is 0 Å². The first kappa shape index (κ1) is 14.9. The van der Waals surface area contributed by atoms with E-state index < -0.39 is 5.54 Å². The molecule has 0 saturated carbocycles. The lowest BCUT2D eigenvalue weighted by Gasteiger charge is -2.36. The third kappa shape index (κ3) is 4.54. The monoisotopic (exact) mass is 243 g/mol. The molecule has 0 amide bonds. The molecular formula is C13H29N3O. The lowest BCUT2D eigenvalue weighted by molar-refractivity contribution is 0.116. The largest absolute Gasteiger partial charge is 0.394 e. The smallest absolute Gasteiger partial charge is 0.0609 e. The standard InChI is InChI=1S/C13H29N3O/c1-11(8-13(2,14)10-17)16-7-5-6-12(16)9-15(3)4/h11-12,17H,5-10,14H2,1-4H3. The third-order valence-electron chi connectivity index (χ3n) is 3.69. The number of nitrogens with zero attached hydrogens (tertiary/aromatic N) is 2. The second kappa shape index (κ2) is 6.14. The molecule has 1 rings (SSSR count). The Morgan fingerprint density at radius 3 is 2.71 bits per heavy atom. The quantitative estimate of drug-likeness (QED) is 0.713. The van der Waals surface area contributed by atoms with E-state index in [-0.39, 0.29) is 6.61 Å². The van der Waals surface area contributed by atoms with Crippen LogP contribution in [0.4, 0.5) is 0 Å². The van der Waals surface area contributed by atoms with Crippen molar-refractivity contribution in [3.63, 3.8) is 0 Å². The molecule has 0 aromatic heterocycles. The van der Waals surface area contributed by atoms with Gasteiger partial charge in [0.05, 0.1) is 6.61 Å². The van der Waals surface area contributed by atoms with Gasteiger partial charge in [-0.1, -0.05) is 0 Å². The zero-order valence-corrected chi connectivity index (χ0v) is 11.8. The zero-order chi connectivity index (χ0) is 13.1. The van der Waals surface area contributed by atoms with Crippen molar-refractivity contribution >= 4 is 0 Å². The van der Waals surface area contributed by atoms with Gasteiger partial charge in [0, 0.05) is 24.2 Å². The maximum atomic E-state index is 9.25. The predicted molar refractivity (Wildman–Crippen MR) is 72.0 cm³/mol. The number of likely N-dealkylation sites (tertiary alicyclic amines) is 1. The van der Waals surface area contributed by atoms with E-state index in [9.17, 15) is 5.11 Å². The second-order valence-corrected chi connectivity index (χ2v) is 6.16. The summed E-state index contributed by atoms with van der Waals surface area (Å²) in [7, 11) is 4.25. The number of hydrogen-bond donors (Lipinski definition) is 2. The van der Waals surface area contributed by atoms with Gasteiger partial charge in [-0.25, -0.2) is 0 Å². The van der Waals surface area contributed by atoms with Crippen molar-refractivity contribution in [2.75, 3.05) is 33.8 Å². The van der Waals surface area contributed by atoms with Crippen LogP contribution in [0, 0.1) is 0 Å². The van der Waals surface area contributed by atoms with Crippen LogP contribution < -0.4 is 5.73 Å². The zero-order valence-electron chi connectivity index (χ0n) is 11.8. The van der Waals surface area contributed by atoms with E-state index in [0.717, 1.165) is 13.0 Å². The normalized spacial score (nSPS) is 27.4. The molecule has 3 unspecified atom stereocenters. The molecule has 3 atom stereocenters. The van der Waals surface area contributed by atoms with Crippen LogP contribution in [0.15, 0.2) is 0 Å². The Bertz CT molecular complexity index is 231. The average Bonchev–Trinajstić information content (AvgIpc) is 2.64. The van der Waals surface area contributed by atoms with Crippen LogP contribution in [0.2, 0.25) is 0 Å². The van der Waals surface area contributed by atoms with E-state index >= 15 is 0 Å². The molecule has 4 nitrogen and oxygen atoms in total. The summed E-state index contributed by atoms with van der Waals surface area (Å²) in [5.41, 5.74) is 5.59. The Morgan fingerprint density at radius 2 is 2.18 bits per heavy atom. The molecule has 102 valence electrons. The van der Waals surface area contributed by atoms with Gasteiger partial charge in [0.2, 0.25) is 0 Å². The molecule has 3 N–H and O–H groups in total. The van der Waals surface area contributed by atoms with Gasteiger partial charge in [-0.05, 0) is 53.8 Å². The molecule has 4 heteroatoms. The van der Waals surface area contributed by atoms with Gasteiger partial charge in [-0.3, -0.25) is 4.90 Å². The van der Waals surface area contributed by atoms with Crippen LogP contribution in [-0.2, 0) is 0 Å². The molecule has 1 fully saturated rings. The van der Waals surface area contributed by atoms with Gasteiger partial charge < -0.3 is 15.7 Å². The van der Waals surface area contributed by atoms with Crippen LogP contribution in [0.1, 0.15) is 33.1 Å². The molecule has 0 aliphatic carbocycles. The molecule has 0 spiro atoms. The molecule has 0 aromatic rings. The lowest BCUT2D eigenvalue weighted by Crippen LogP contribution is -2.49. The van der Waals surface area contributed by atoms with Crippen LogP contribution in [-0.4, -0.2) is 66.3 Å². The summed E-state index contributed by atoms with van der Waals surface area (Å²) in [6, 6.07) is 1.10. The second-order valence-electron chi connectivity index (χ2n) is 6.16. The highest BCUT2D eigenvalue weighted by Crippen LogP contribution is 2.24. The van der Waals surface area contributed by atoms with Crippen molar-refractivity contribution in [2.24, 2.45) is 5.73 Å². The topological polar surface area (TPSA) is 52.7 Å². The first-order valence-corrected chi connectivity index (χ1v) is 6.66. The fourth-order valence-corrected chi connectivity index (χ4v) is 2.91. The fraction of sp³-hybridized carbons (Fsp3) is 1.00. The molecule has 17 heavy (non-hydrogen) atoms. The number of rotatable bonds is 6. The Kier molecular flexibility index (Phi) is 5.38. The Hall–Kier alpha value is -0.160. The number of aliphatic hydroxyl groups is 1. The lowest BCUT2D eigenvalue weighted by atomic mass is 9.95. The number of hydrogen-bond acceptors (Lipinski definition) is 4. The summed E-state index contributed by atoms with van der Waals surface area (Å²) in [6.07, 6.45) is 3.42. The molecule has 0 radical (unpaired) electrons. The number of likely N-dealkylation sites (N-methyl/N-ethyl adjacent to an activating group) is 1. The van der Waals surface area contributed by atoms with Gasteiger partial charge >= 0.3 is 0 Å². The highest BCUT2D eigenvalue weighted by atomic mass is 16.3. The number of aliphatic hydroxyl groups excluding tert-OH is 1. The van der Waals surface area contributed by atoms with Crippen molar-refractivity contribution in [1.29, 1.82) is 0 Å². The van der Waals surface area contributed by atoms with Crippen LogP contribution in [0.25, 0.3) is 0 Å². The summed E-state index contributed by atoms with van der Waals surface area (Å²) in [6.45, 7) is 6.50. The van der Waals surface area contributed by atoms with Crippen LogP contribution >= 0.6 is 0 Å². The van der Waals surface area contributed by atoms with Crippen molar-refractivity contribution in [3.05, 3.63) is 0 Å². The highest BCUT2D eigenvalue weighted by molar-refractivity contribution is 4.89. The van der Waals surface area contributed by atoms with Crippen molar-refractivity contribution in [3.8, 4) is 0 Å². The van der Waals surface area contributed by atoms with Gasteiger partial charge in [0.1, 0.15) is 0 Å². The summed E-state index contributed by atoms with van der Waals surface area (Å²) in [5, 5.41) is 9.25. The van der Waals surface area contributed by atoms with E-state index in [1.165, 1.54) is 19.4 Å². The molecule has 0 bridgehead atoms. The minimum absolute atomic E-state index is 0.0591. The highest BCUT2D eigenvalue weighted by Gasteiger charge is 2.31. The molecular weight excluding hydrogens is 214 g/mol. The number of nitrogens with two attached hydrogens (primary N) is 1. The van der Waals surface area contributed by atoms with E-state index in [0.29, 0.717) is 12.1 Å². The van der Waals surface area contributed by atoms with Gasteiger partial charge in [-0.2, -0.15) is 0 Å². The van der Waals surface area contributed by atoms with Gasteiger partial charge in [0.25, 0.3) is 0 Å². The van der Waals surface area contributed by atoms with Gasteiger partial charge in [0.15, 0.2) is 0 Å². The molecule has 1 aliphatic rings. The van der Waals surface area contributed by atoms with E-state index in [2.05, 4.69) is 30.8 Å².